The lowest BCUT2D eigenvalue weighted by Gasteiger charge is -2.15. The molecule has 0 radical (unpaired) electrons. The van der Waals surface area contributed by atoms with Crippen LogP contribution in [0.4, 0.5) is 18.9 Å². The van der Waals surface area contributed by atoms with E-state index in [1.807, 2.05) is 12.1 Å². The molecular formula is C14H12ClF3N2. The molecule has 0 saturated heterocycles. The van der Waals surface area contributed by atoms with E-state index < -0.39 is 11.7 Å². The summed E-state index contributed by atoms with van der Waals surface area (Å²) < 4.78 is 38.6. The largest absolute Gasteiger partial charge is 0.418 e. The van der Waals surface area contributed by atoms with Crippen molar-refractivity contribution in [2.24, 2.45) is 0 Å². The first-order chi connectivity index (χ1) is 9.48. The van der Waals surface area contributed by atoms with Gasteiger partial charge >= 0.3 is 6.18 Å². The second-order valence-electron chi connectivity index (χ2n) is 4.16. The van der Waals surface area contributed by atoms with E-state index >= 15 is 0 Å². The monoisotopic (exact) mass is 300 g/mol. The van der Waals surface area contributed by atoms with Crippen molar-refractivity contribution in [1.82, 2.24) is 4.98 Å². The standard InChI is InChI=1S/C14H12ClF3N2/c15-12-6-3-5-11(14(16,17)18)13(12)20-9-7-10-4-1-2-8-19-10/h1-6,8,20H,7,9H2. The van der Waals surface area contributed by atoms with Gasteiger partial charge in [0.25, 0.3) is 0 Å². The minimum Gasteiger partial charge on any atom is -0.383 e. The molecule has 0 bridgehead atoms. The lowest BCUT2D eigenvalue weighted by Crippen LogP contribution is -2.13. The smallest absolute Gasteiger partial charge is 0.383 e. The lowest BCUT2D eigenvalue weighted by atomic mass is 10.1. The maximum Gasteiger partial charge on any atom is 0.418 e. The normalized spacial score (nSPS) is 11.4. The molecule has 1 N–H and O–H groups in total. The fraction of sp³-hybridized carbons (Fsp3) is 0.214. The van der Waals surface area contributed by atoms with Gasteiger partial charge in [0, 0.05) is 24.9 Å². The van der Waals surface area contributed by atoms with Gasteiger partial charge in [-0.2, -0.15) is 13.2 Å². The molecule has 1 aromatic heterocycles. The molecule has 20 heavy (non-hydrogen) atoms. The highest BCUT2D eigenvalue weighted by Gasteiger charge is 2.34. The minimum absolute atomic E-state index is 0.0563. The Morgan fingerprint density at radius 1 is 1.10 bits per heavy atom. The van der Waals surface area contributed by atoms with Crippen molar-refractivity contribution < 1.29 is 13.2 Å². The van der Waals surface area contributed by atoms with Crippen LogP contribution in [0.5, 0.6) is 0 Å². The summed E-state index contributed by atoms with van der Waals surface area (Å²) in [6.45, 7) is 0.323. The maximum absolute atomic E-state index is 12.9. The molecule has 0 saturated carbocycles. The van der Waals surface area contributed by atoms with Crippen LogP contribution in [-0.2, 0) is 12.6 Å². The third-order valence-electron chi connectivity index (χ3n) is 2.73. The van der Waals surface area contributed by atoms with Crippen LogP contribution in [0.15, 0.2) is 42.6 Å². The number of para-hydroxylation sites is 1. The Bertz CT molecular complexity index is 570. The summed E-state index contributed by atoms with van der Waals surface area (Å²) in [6.07, 6.45) is -2.27. The first kappa shape index (κ1) is 14.7. The maximum atomic E-state index is 12.9. The first-order valence-corrected chi connectivity index (χ1v) is 6.36. The Hall–Kier alpha value is -1.75. The van der Waals surface area contributed by atoms with Gasteiger partial charge in [-0.05, 0) is 24.3 Å². The van der Waals surface area contributed by atoms with Crippen LogP contribution in [0.25, 0.3) is 0 Å². The predicted octanol–water partition coefficient (Wildman–Crippen LogP) is 4.41. The molecule has 0 atom stereocenters. The number of alkyl halides is 3. The zero-order chi connectivity index (χ0) is 14.6. The number of hydrogen-bond acceptors (Lipinski definition) is 2. The highest BCUT2D eigenvalue weighted by molar-refractivity contribution is 6.33. The van der Waals surface area contributed by atoms with Gasteiger partial charge in [-0.3, -0.25) is 4.98 Å². The Kier molecular flexibility index (Phi) is 4.49. The number of benzene rings is 1. The number of halogens is 4. The molecule has 6 heteroatoms. The van der Waals surface area contributed by atoms with Crippen molar-refractivity contribution in [3.8, 4) is 0 Å². The molecule has 0 fully saturated rings. The van der Waals surface area contributed by atoms with Gasteiger partial charge < -0.3 is 5.32 Å². The number of hydrogen-bond donors (Lipinski definition) is 1. The van der Waals surface area contributed by atoms with E-state index in [1.54, 1.807) is 12.3 Å². The van der Waals surface area contributed by atoms with Crippen LogP contribution < -0.4 is 5.32 Å². The van der Waals surface area contributed by atoms with Crippen molar-refractivity contribution in [2.75, 3.05) is 11.9 Å². The van der Waals surface area contributed by atoms with Crippen LogP contribution in [0.2, 0.25) is 5.02 Å². The molecule has 1 heterocycles. The fourth-order valence-corrected chi connectivity index (χ4v) is 2.04. The Morgan fingerprint density at radius 3 is 2.55 bits per heavy atom. The molecule has 2 rings (SSSR count). The van der Waals surface area contributed by atoms with Crippen molar-refractivity contribution in [3.05, 3.63) is 58.9 Å². The molecule has 1 aromatic carbocycles. The van der Waals surface area contributed by atoms with E-state index in [1.165, 1.54) is 12.1 Å². The predicted molar refractivity (Wildman–Crippen MR) is 72.9 cm³/mol. The zero-order valence-corrected chi connectivity index (χ0v) is 11.2. The average Bonchev–Trinajstić information content (AvgIpc) is 2.40. The van der Waals surface area contributed by atoms with Gasteiger partial charge in [-0.25, -0.2) is 0 Å². The van der Waals surface area contributed by atoms with Crippen LogP contribution >= 0.6 is 11.6 Å². The molecule has 0 amide bonds. The summed E-state index contributed by atoms with van der Waals surface area (Å²) in [5, 5.41) is 2.80. The van der Waals surface area contributed by atoms with Crippen LogP contribution in [0.3, 0.4) is 0 Å². The number of rotatable bonds is 4. The molecule has 2 aromatic rings. The van der Waals surface area contributed by atoms with E-state index in [9.17, 15) is 13.2 Å². The number of pyridine rings is 1. The van der Waals surface area contributed by atoms with Crippen LogP contribution in [-0.4, -0.2) is 11.5 Å². The molecule has 106 valence electrons. The topological polar surface area (TPSA) is 24.9 Å². The van der Waals surface area contributed by atoms with E-state index in [0.29, 0.717) is 13.0 Å². The molecule has 0 spiro atoms. The highest BCUT2D eigenvalue weighted by atomic mass is 35.5. The van der Waals surface area contributed by atoms with Gasteiger partial charge in [0.2, 0.25) is 0 Å². The fourth-order valence-electron chi connectivity index (χ4n) is 1.80. The molecule has 2 nitrogen and oxygen atoms in total. The number of nitrogens with zero attached hydrogens (tertiary/aromatic N) is 1. The molecular weight excluding hydrogens is 289 g/mol. The Labute approximate surface area is 119 Å². The third kappa shape index (κ3) is 3.63. The summed E-state index contributed by atoms with van der Waals surface area (Å²) in [5.41, 5.74) is -0.0377. The van der Waals surface area contributed by atoms with Gasteiger partial charge in [0.05, 0.1) is 16.3 Å². The molecule has 0 aliphatic heterocycles. The second-order valence-corrected chi connectivity index (χ2v) is 4.57. The van der Waals surface area contributed by atoms with Gasteiger partial charge in [0.1, 0.15) is 0 Å². The highest BCUT2D eigenvalue weighted by Crippen LogP contribution is 2.38. The lowest BCUT2D eigenvalue weighted by molar-refractivity contribution is -0.136. The zero-order valence-electron chi connectivity index (χ0n) is 10.4. The van der Waals surface area contributed by atoms with Gasteiger partial charge in [-0.1, -0.05) is 23.7 Å². The second kappa shape index (κ2) is 6.13. The molecule has 0 aliphatic rings. The van der Waals surface area contributed by atoms with Gasteiger partial charge in [0.15, 0.2) is 0 Å². The van der Waals surface area contributed by atoms with Crippen molar-refractivity contribution in [1.29, 1.82) is 0 Å². The first-order valence-electron chi connectivity index (χ1n) is 5.98. The molecule has 0 unspecified atom stereocenters. The van der Waals surface area contributed by atoms with Crippen molar-refractivity contribution in [2.45, 2.75) is 12.6 Å². The summed E-state index contributed by atoms with van der Waals surface area (Å²) in [5.74, 6) is 0. The number of anilines is 1. The van der Waals surface area contributed by atoms with Crippen LogP contribution in [0, 0.1) is 0 Å². The van der Waals surface area contributed by atoms with Crippen molar-refractivity contribution in [3.63, 3.8) is 0 Å². The SMILES string of the molecule is FC(F)(F)c1cccc(Cl)c1NCCc1ccccn1. The Morgan fingerprint density at radius 2 is 1.90 bits per heavy atom. The number of aromatic nitrogens is 1. The average molecular weight is 301 g/mol. The summed E-state index contributed by atoms with van der Waals surface area (Å²) in [4.78, 5) is 4.11. The summed E-state index contributed by atoms with van der Waals surface area (Å²) in [7, 11) is 0. The Balaban J connectivity index is 2.10. The van der Waals surface area contributed by atoms with Crippen LogP contribution in [0.1, 0.15) is 11.3 Å². The third-order valence-corrected chi connectivity index (χ3v) is 3.04. The number of nitrogens with one attached hydrogen (secondary N) is 1. The summed E-state index contributed by atoms with van der Waals surface area (Å²) in [6, 6.07) is 9.16. The van der Waals surface area contributed by atoms with E-state index in [2.05, 4.69) is 10.3 Å². The van der Waals surface area contributed by atoms with E-state index in [4.69, 9.17) is 11.6 Å². The minimum atomic E-state index is -4.43. The van der Waals surface area contributed by atoms with E-state index in [0.717, 1.165) is 11.8 Å². The molecule has 0 aliphatic carbocycles. The quantitative estimate of drug-likeness (QED) is 0.905. The van der Waals surface area contributed by atoms with Gasteiger partial charge in [-0.15, -0.1) is 0 Å². The van der Waals surface area contributed by atoms with E-state index in [-0.39, 0.29) is 10.7 Å². The summed E-state index contributed by atoms with van der Waals surface area (Å²) >= 11 is 5.84. The van der Waals surface area contributed by atoms with Crippen molar-refractivity contribution >= 4 is 17.3 Å².